The summed E-state index contributed by atoms with van der Waals surface area (Å²) in [5.74, 6) is -0.211. The van der Waals surface area contributed by atoms with E-state index in [0.29, 0.717) is 29.6 Å². The highest BCUT2D eigenvalue weighted by molar-refractivity contribution is 6.34. The molecule has 32 heavy (non-hydrogen) atoms. The van der Waals surface area contributed by atoms with E-state index in [1.165, 1.54) is 5.01 Å². The molecular weight excluding hydrogens is 449 g/mol. The van der Waals surface area contributed by atoms with Gasteiger partial charge in [0.05, 0.1) is 18.4 Å². The highest BCUT2D eigenvalue weighted by Gasteiger charge is 2.37. The molecule has 2 aromatic carbocycles. The summed E-state index contributed by atoms with van der Waals surface area (Å²) in [6.07, 6.45) is 2.27. The molecule has 6 nitrogen and oxygen atoms in total. The maximum atomic E-state index is 13.4. The van der Waals surface area contributed by atoms with Crippen molar-refractivity contribution in [3.63, 3.8) is 0 Å². The Morgan fingerprint density at radius 1 is 1.12 bits per heavy atom. The Hall–Kier alpha value is -2.41. The van der Waals surface area contributed by atoms with Gasteiger partial charge in [-0.15, -0.1) is 0 Å². The molecule has 1 fully saturated rings. The number of methoxy groups -OCH3 is 1. The van der Waals surface area contributed by atoms with Crippen molar-refractivity contribution < 1.29 is 14.3 Å². The number of rotatable bonds is 8. The Labute approximate surface area is 197 Å². The van der Waals surface area contributed by atoms with Gasteiger partial charge in [-0.2, -0.15) is 5.10 Å². The van der Waals surface area contributed by atoms with Crippen molar-refractivity contribution >= 4 is 40.7 Å². The van der Waals surface area contributed by atoms with Gasteiger partial charge in [-0.3, -0.25) is 9.59 Å². The van der Waals surface area contributed by atoms with Crippen molar-refractivity contribution in [1.29, 1.82) is 0 Å². The smallest absolute Gasteiger partial charge is 0.262 e. The highest BCUT2D eigenvalue weighted by Crippen LogP contribution is 2.35. The fourth-order valence-corrected chi connectivity index (χ4v) is 4.21. The summed E-state index contributed by atoms with van der Waals surface area (Å²) in [5.41, 5.74) is 2.46. The molecule has 2 aromatic rings. The van der Waals surface area contributed by atoms with E-state index in [-0.39, 0.29) is 30.3 Å². The molecule has 168 valence electrons. The van der Waals surface area contributed by atoms with E-state index < -0.39 is 0 Å². The topological polar surface area (TPSA) is 62.2 Å². The third-order valence-corrected chi connectivity index (χ3v) is 6.32. The predicted molar refractivity (Wildman–Crippen MR) is 125 cm³/mol. The van der Waals surface area contributed by atoms with Gasteiger partial charge in [-0.05, 0) is 36.6 Å². The summed E-state index contributed by atoms with van der Waals surface area (Å²) in [4.78, 5) is 27.7. The average molecular weight is 474 g/mol. The van der Waals surface area contributed by atoms with Crippen molar-refractivity contribution in [3.05, 3.63) is 69.7 Å². The first kappa shape index (κ1) is 22.8. The summed E-state index contributed by atoms with van der Waals surface area (Å²) in [5, 5.41) is 7.36. The van der Waals surface area contributed by atoms with Gasteiger partial charge in [-0.25, -0.2) is 5.01 Å². The molecule has 0 bridgehead atoms. The van der Waals surface area contributed by atoms with Crippen LogP contribution in [0.15, 0.2) is 53.6 Å². The first-order valence-electron chi connectivity index (χ1n) is 10.7. The van der Waals surface area contributed by atoms with Gasteiger partial charge < -0.3 is 9.64 Å². The molecule has 0 saturated heterocycles. The number of nitrogens with zero attached hydrogens (tertiary/aromatic N) is 3. The van der Waals surface area contributed by atoms with E-state index in [0.717, 1.165) is 29.7 Å². The predicted octanol–water partition coefficient (Wildman–Crippen LogP) is 4.56. The van der Waals surface area contributed by atoms with Gasteiger partial charge >= 0.3 is 0 Å². The number of hydrogen-bond acceptors (Lipinski definition) is 4. The maximum Gasteiger partial charge on any atom is 0.262 e. The van der Waals surface area contributed by atoms with E-state index in [1.54, 1.807) is 24.1 Å². The normalized spacial score (nSPS) is 17.9. The van der Waals surface area contributed by atoms with Gasteiger partial charge in [0.15, 0.2) is 0 Å². The Bertz CT molecular complexity index is 1020. The molecule has 0 aromatic heterocycles. The Morgan fingerprint density at radius 3 is 2.50 bits per heavy atom. The van der Waals surface area contributed by atoms with Gasteiger partial charge in [0.2, 0.25) is 5.91 Å². The zero-order chi connectivity index (χ0) is 22.7. The molecular formula is C24H25Cl2N3O3. The third kappa shape index (κ3) is 5.14. The van der Waals surface area contributed by atoms with Crippen molar-refractivity contribution in [3.8, 4) is 0 Å². The van der Waals surface area contributed by atoms with Crippen LogP contribution in [-0.2, 0) is 14.3 Å². The molecule has 2 aliphatic rings. The Balaban J connectivity index is 1.61. The molecule has 1 heterocycles. The lowest BCUT2D eigenvalue weighted by Gasteiger charge is -2.27. The maximum absolute atomic E-state index is 13.4. The fraction of sp³-hybridized carbons (Fsp3) is 0.375. The molecule has 0 unspecified atom stereocenters. The van der Waals surface area contributed by atoms with Crippen molar-refractivity contribution in [2.24, 2.45) is 11.0 Å². The highest BCUT2D eigenvalue weighted by atomic mass is 35.5. The Morgan fingerprint density at radius 2 is 1.84 bits per heavy atom. The summed E-state index contributed by atoms with van der Waals surface area (Å²) in [7, 11) is 1.58. The van der Waals surface area contributed by atoms with Crippen molar-refractivity contribution in [2.75, 3.05) is 26.8 Å². The second-order valence-corrected chi connectivity index (χ2v) is 8.91. The summed E-state index contributed by atoms with van der Waals surface area (Å²) < 4.78 is 5.15. The van der Waals surface area contributed by atoms with E-state index >= 15 is 0 Å². The molecule has 1 saturated carbocycles. The van der Waals surface area contributed by atoms with E-state index in [2.05, 4.69) is 5.10 Å². The summed E-state index contributed by atoms with van der Waals surface area (Å²) in [6.45, 7) is 0.709. The van der Waals surface area contributed by atoms with Gasteiger partial charge in [-0.1, -0.05) is 53.5 Å². The molecule has 1 atom stereocenters. The SMILES string of the molecule is COCCN(CC(=O)N1N=C(c2ccccc2Cl)C[C@H]1c1ccc(Cl)cc1)C(=O)C1CC1. The van der Waals surface area contributed by atoms with Crippen LogP contribution in [-0.4, -0.2) is 54.2 Å². The minimum Gasteiger partial charge on any atom is -0.383 e. The van der Waals surface area contributed by atoms with Crippen LogP contribution >= 0.6 is 23.2 Å². The average Bonchev–Trinajstić information content (AvgIpc) is 3.55. The monoisotopic (exact) mass is 473 g/mol. The third-order valence-electron chi connectivity index (χ3n) is 5.74. The molecule has 1 aliphatic heterocycles. The number of carbonyl (C=O) groups is 2. The first-order valence-corrected chi connectivity index (χ1v) is 11.4. The van der Waals surface area contributed by atoms with Crippen LogP contribution in [0, 0.1) is 5.92 Å². The minimum absolute atomic E-state index is 0.00736. The first-order chi connectivity index (χ1) is 15.5. The van der Waals surface area contributed by atoms with Crippen LogP contribution in [0.3, 0.4) is 0 Å². The number of ether oxygens (including phenoxy) is 1. The molecule has 0 spiro atoms. The van der Waals surface area contributed by atoms with Crippen LogP contribution < -0.4 is 0 Å². The van der Waals surface area contributed by atoms with Crippen LogP contribution in [0.25, 0.3) is 0 Å². The molecule has 1 aliphatic carbocycles. The molecule has 0 radical (unpaired) electrons. The Kier molecular flexibility index (Phi) is 7.13. The molecule has 4 rings (SSSR count). The lowest BCUT2D eigenvalue weighted by molar-refractivity contribution is -0.142. The number of hydrazone groups is 1. The second kappa shape index (κ2) is 10.0. The number of carbonyl (C=O) groups excluding carboxylic acids is 2. The van der Waals surface area contributed by atoms with E-state index in [9.17, 15) is 9.59 Å². The molecule has 8 heteroatoms. The standard InChI is InChI=1S/C24H25Cl2N3O3/c1-32-13-12-28(24(31)17-6-7-17)15-23(30)29-22(16-8-10-18(25)11-9-16)14-21(27-29)19-4-2-3-5-20(19)26/h2-5,8-11,17,22H,6-7,12-15H2,1H3/t22-/m0/s1. The number of benzene rings is 2. The lowest BCUT2D eigenvalue weighted by Crippen LogP contribution is -2.43. The van der Waals surface area contributed by atoms with Gasteiger partial charge in [0, 0.05) is 41.6 Å². The quantitative estimate of drug-likeness (QED) is 0.564. The molecule has 2 amide bonds. The number of halogens is 2. The summed E-state index contributed by atoms with van der Waals surface area (Å²) >= 11 is 12.5. The minimum atomic E-state index is -0.300. The fourth-order valence-electron chi connectivity index (χ4n) is 3.84. The molecule has 0 N–H and O–H groups in total. The zero-order valence-electron chi connectivity index (χ0n) is 17.8. The second-order valence-electron chi connectivity index (χ2n) is 8.06. The van der Waals surface area contributed by atoms with Crippen LogP contribution in [0.2, 0.25) is 10.0 Å². The van der Waals surface area contributed by atoms with E-state index in [1.807, 2.05) is 36.4 Å². The van der Waals surface area contributed by atoms with Crippen LogP contribution in [0.1, 0.15) is 36.4 Å². The lowest BCUT2D eigenvalue weighted by atomic mass is 9.98. The summed E-state index contributed by atoms with van der Waals surface area (Å²) in [6, 6.07) is 14.6. The van der Waals surface area contributed by atoms with Crippen LogP contribution in [0.4, 0.5) is 0 Å². The zero-order valence-corrected chi connectivity index (χ0v) is 19.4. The van der Waals surface area contributed by atoms with Gasteiger partial charge in [0.25, 0.3) is 5.91 Å². The number of hydrogen-bond donors (Lipinski definition) is 0. The number of amides is 2. The van der Waals surface area contributed by atoms with Crippen LogP contribution in [0.5, 0.6) is 0 Å². The van der Waals surface area contributed by atoms with Gasteiger partial charge in [0.1, 0.15) is 6.54 Å². The van der Waals surface area contributed by atoms with Crippen molar-refractivity contribution in [2.45, 2.75) is 25.3 Å². The largest absolute Gasteiger partial charge is 0.383 e. The van der Waals surface area contributed by atoms with Crippen molar-refractivity contribution in [1.82, 2.24) is 9.91 Å². The van der Waals surface area contributed by atoms with E-state index in [4.69, 9.17) is 27.9 Å².